The molecule has 0 aliphatic heterocycles. The van der Waals surface area contributed by atoms with Crippen LogP contribution in [0.2, 0.25) is 0 Å². The largest absolute Gasteiger partial charge is 0.497 e. The molecule has 0 spiro atoms. The summed E-state index contributed by atoms with van der Waals surface area (Å²) in [4.78, 5) is 0. The lowest BCUT2D eigenvalue weighted by molar-refractivity contribution is 0.415. The number of benzene rings is 2. The third-order valence-electron chi connectivity index (χ3n) is 2.93. The minimum Gasteiger partial charge on any atom is -0.497 e. The zero-order chi connectivity index (χ0) is 15.0. The molecule has 1 unspecified atom stereocenters. The Morgan fingerprint density at radius 1 is 1.15 bits per heavy atom. The Kier molecular flexibility index (Phi) is 6.54. The third kappa shape index (κ3) is 4.56. The van der Waals surface area contributed by atoms with Gasteiger partial charge in [0.15, 0.2) is 0 Å². The highest BCUT2D eigenvalue weighted by atomic mass is 16.5. The predicted molar refractivity (Wildman–Crippen MR) is 88.1 cm³/mol. The molecule has 0 heterocycles. The van der Waals surface area contributed by atoms with Crippen molar-refractivity contribution in [1.82, 2.24) is 0 Å². The van der Waals surface area contributed by atoms with Gasteiger partial charge in [0.05, 0.1) is 7.11 Å². The number of ether oxygens (including phenoxy) is 1. The van der Waals surface area contributed by atoms with Crippen LogP contribution in [-0.4, -0.2) is 7.11 Å². The SMILES string of the molecule is C=C/C=C/C.COc1ccc2cc(C(C)N)ccc2c1. The van der Waals surface area contributed by atoms with Gasteiger partial charge in [0.1, 0.15) is 5.75 Å². The number of hydrogen-bond acceptors (Lipinski definition) is 2. The summed E-state index contributed by atoms with van der Waals surface area (Å²) in [7, 11) is 1.68. The van der Waals surface area contributed by atoms with Crippen LogP contribution in [0.15, 0.2) is 61.2 Å². The Hall–Kier alpha value is -2.06. The second kappa shape index (κ2) is 8.18. The van der Waals surface area contributed by atoms with Crippen LogP contribution in [0.3, 0.4) is 0 Å². The Balaban J connectivity index is 0.000000347. The van der Waals surface area contributed by atoms with Crippen molar-refractivity contribution in [2.75, 3.05) is 7.11 Å². The quantitative estimate of drug-likeness (QED) is 0.825. The van der Waals surface area contributed by atoms with Crippen LogP contribution in [0, 0.1) is 0 Å². The van der Waals surface area contributed by atoms with E-state index in [0.717, 1.165) is 11.3 Å². The van der Waals surface area contributed by atoms with E-state index in [-0.39, 0.29) is 6.04 Å². The van der Waals surface area contributed by atoms with E-state index in [1.807, 2.05) is 38.1 Å². The summed E-state index contributed by atoms with van der Waals surface area (Å²) in [5.41, 5.74) is 7.00. The minimum absolute atomic E-state index is 0.0801. The molecule has 0 radical (unpaired) electrons. The highest BCUT2D eigenvalue weighted by Crippen LogP contribution is 2.23. The van der Waals surface area contributed by atoms with Gasteiger partial charge in [0, 0.05) is 6.04 Å². The predicted octanol–water partition coefficient (Wildman–Crippen LogP) is 4.62. The van der Waals surface area contributed by atoms with E-state index in [4.69, 9.17) is 10.5 Å². The van der Waals surface area contributed by atoms with Gasteiger partial charge in [-0.25, -0.2) is 0 Å². The number of nitrogens with two attached hydrogens (primary N) is 1. The first-order valence-electron chi connectivity index (χ1n) is 6.69. The molecule has 1 atom stereocenters. The van der Waals surface area contributed by atoms with Crippen molar-refractivity contribution in [3.8, 4) is 5.75 Å². The van der Waals surface area contributed by atoms with Crippen molar-refractivity contribution < 1.29 is 4.74 Å². The van der Waals surface area contributed by atoms with Crippen molar-refractivity contribution in [2.45, 2.75) is 19.9 Å². The monoisotopic (exact) mass is 269 g/mol. The zero-order valence-corrected chi connectivity index (χ0v) is 12.5. The lowest BCUT2D eigenvalue weighted by Gasteiger charge is -2.08. The Morgan fingerprint density at radius 3 is 2.30 bits per heavy atom. The smallest absolute Gasteiger partial charge is 0.119 e. The molecule has 0 saturated carbocycles. The normalized spacial score (nSPS) is 11.8. The van der Waals surface area contributed by atoms with E-state index in [1.165, 1.54) is 10.8 Å². The molecule has 2 aromatic carbocycles. The van der Waals surface area contributed by atoms with E-state index in [1.54, 1.807) is 13.2 Å². The van der Waals surface area contributed by atoms with Crippen molar-refractivity contribution in [3.63, 3.8) is 0 Å². The van der Waals surface area contributed by atoms with Gasteiger partial charge in [-0.05, 0) is 48.4 Å². The molecule has 2 heteroatoms. The van der Waals surface area contributed by atoms with Gasteiger partial charge in [-0.15, -0.1) is 0 Å². The standard InChI is InChI=1S/C13H15NO.C5H8/c1-9(14)10-3-4-12-8-13(15-2)6-5-11(12)7-10;1-3-5-4-2/h3-9H,14H2,1-2H3;3-5H,1H2,2H3/b;5-4+. The Bertz CT molecular complexity index is 585. The maximum absolute atomic E-state index is 5.84. The van der Waals surface area contributed by atoms with Gasteiger partial charge in [-0.3, -0.25) is 0 Å². The summed E-state index contributed by atoms with van der Waals surface area (Å²) in [6, 6.07) is 12.4. The summed E-state index contributed by atoms with van der Waals surface area (Å²) < 4.78 is 5.18. The first kappa shape index (κ1) is 16.0. The van der Waals surface area contributed by atoms with Crippen LogP contribution in [-0.2, 0) is 0 Å². The summed E-state index contributed by atoms with van der Waals surface area (Å²) in [5.74, 6) is 0.885. The fraction of sp³-hybridized carbons (Fsp3) is 0.222. The zero-order valence-electron chi connectivity index (χ0n) is 12.5. The fourth-order valence-corrected chi connectivity index (χ4v) is 1.79. The Morgan fingerprint density at radius 2 is 1.80 bits per heavy atom. The number of rotatable bonds is 3. The molecule has 0 aliphatic rings. The van der Waals surface area contributed by atoms with E-state index in [2.05, 4.69) is 30.8 Å². The third-order valence-corrected chi connectivity index (χ3v) is 2.93. The second-order valence-electron chi connectivity index (χ2n) is 4.52. The van der Waals surface area contributed by atoms with Gasteiger partial charge in [-0.2, -0.15) is 0 Å². The van der Waals surface area contributed by atoms with Gasteiger partial charge >= 0.3 is 0 Å². The van der Waals surface area contributed by atoms with Crippen molar-refractivity contribution in [2.24, 2.45) is 5.73 Å². The maximum atomic E-state index is 5.84. The number of fused-ring (bicyclic) bond motifs is 1. The minimum atomic E-state index is 0.0801. The van der Waals surface area contributed by atoms with Gasteiger partial charge in [-0.1, -0.05) is 43.0 Å². The highest BCUT2D eigenvalue weighted by Gasteiger charge is 2.01. The van der Waals surface area contributed by atoms with Crippen LogP contribution in [0.25, 0.3) is 10.8 Å². The average Bonchev–Trinajstić information content (AvgIpc) is 2.47. The number of allylic oxidation sites excluding steroid dienone is 3. The number of hydrogen-bond donors (Lipinski definition) is 1. The molecule has 0 saturated heterocycles. The van der Waals surface area contributed by atoms with E-state index in [9.17, 15) is 0 Å². The summed E-state index contributed by atoms with van der Waals surface area (Å²) in [5, 5.41) is 2.38. The molecule has 0 amide bonds. The summed E-state index contributed by atoms with van der Waals surface area (Å²) >= 11 is 0. The fourth-order valence-electron chi connectivity index (χ4n) is 1.79. The lowest BCUT2D eigenvalue weighted by atomic mass is 10.0. The highest BCUT2D eigenvalue weighted by molar-refractivity contribution is 5.84. The molecule has 20 heavy (non-hydrogen) atoms. The number of methoxy groups -OCH3 is 1. The molecule has 2 rings (SSSR count). The van der Waals surface area contributed by atoms with Crippen molar-refractivity contribution >= 4 is 10.8 Å². The molecule has 2 aromatic rings. The molecule has 0 bridgehead atoms. The van der Waals surface area contributed by atoms with E-state index < -0.39 is 0 Å². The lowest BCUT2D eigenvalue weighted by Crippen LogP contribution is -2.04. The topological polar surface area (TPSA) is 35.2 Å². The molecule has 0 aliphatic carbocycles. The molecule has 2 nitrogen and oxygen atoms in total. The van der Waals surface area contributed by atoms with Crippen LogP contribution >= 0.6 is 0 Å². The molecular formula is C18H23NO. The van der Waals surface area contributed by atoms with Crippen LogP contribution < -0.4 is 10.5 Å². The molecule has 0 aromatic heterocycles. The van der Waals surface area contributed by atoms with Crippen molar-refractivity contribution in [3.05, 3.63) is 66.8 Å². The molecular weight excluding hydrogens is 246 g/mol. The Labute approximate surface area is 121 Å². The van der Waals surface area contributed by atoms with E-state index in [0.29, 0.717) is 0 Å². The second-order valence-corrected chi connectivity index (χ2v) is 4.52. The molecule has 0 fully saturated rings. The van der Waals surface area contributed by atoms with Gasteiger partial charge in [0.2, 0.25) is 0 Å². The molecule has 106 valence electrons. The van der Waals surface area contributed by atoms with Crippen molar-refractivity contribution in [1.29, 1.82) is 0 Å². The van der Waals surface area contributed by atoms with Crippen LogP contribution in [0.4, 0.5) is 0 Å². The van der Waals surface area contributed by atoms with E-state index >= 15 is 0 Å². The van der Waals surface area contributed by atoms with Crippen LogP contribution in [0.5, 0.6) is 5.75 Å². The van der Waals surface area contributed by atoms with Crippen LogP contribution in [0.1, 0.15) is 25.5 Å². The van der Waals surface area contributed by atoms with Gasteiger partial charge in [0.25, 0.3) is 0 Å². The maximum Gasteiger partial charge on any atom is 0.119 e. The first-order chi connectivity index (χ1) is 9.62. The summed E-state index contributed by atoms with van der Waals surface area (Å²) in [6.45, 7) is 7.41. The molecule has 2 N–H and O–H groups in total. The first-order valence-corrected chi connectivity index (χ1v) is 6.69. The summed E-state index contributed by atoms with van der Waals surface area (Å²) in [6.07, 6.45) is 5.58. The average molecular weight is 269 g/mol. The van der Waals surface area contributed by atoms with Gasteiger partial charge < -0.3 is 10.5 Å².